The Morgan fingerprint density at radius 2 is 1.57 bits per heavy atom. The summed E-state index contributed by atoms with van der Waals surface area (Å²) in [7, 11) is 0. The van der Waals surface area contributed by atoms with E-state index in [2.05, 4.69) is 0 Å². The molecule has 0 spiro atoms. The number of aromatic hydroxyl groups is 1. The molecule has 1 saturated heterocycles. The highest BCUT2D eigenvalue weighted by Crippen LogP contribution is 2.43. The van der Waals surface area contributed by atoms with Gasteiger partial charge in [0.1, 0.15) is 11.5 Å². The van der Waals surface area contributed by atoms with Gasteiger partial charge in [0.2, 0.25) is 0 Å². The van der Waals surface area contributed by atoms with Crippen LogP contribution < -0.4 is 4.90 Å². The first kappa shape index (κ1) is 20.0. The lowest BCUT2D eigenvalue weighted by Crippen LogP contribution is -2.29. The van der Waals surface area contributed by atoms with Crippen LogP contribution in [0.1, 0.15) is 17.2 Å². The molecule has 0 bridgehead atoms. The van der Waals surface area contributed by atoms with Crippen molar-refractivity contribution >= 4 is 46.3 Å². The van der Waals surface area contributed by atoms with Gasteiger partial charge in [0, 0.05) is 16.3 Å². The summed E-state index contributed by atoms with van der Waals surface area (Å²) in [5, 5.41) is 21.3. The molecule has 1 unspecified atom stereocenters. The van der Waals surface area contributed by atoms with Crippen LogP contribution in [0.2, 0.25) is 10.0 Å². The van der Waals surface area contributed by atoms with Gasteiger partial charge < -0.3 is 10.2 Å². The first-order chi connectivity index (χ1) is 14.4. The van der Waals surface area contributed by atoms with Crippen LogP contribution in [0.5, 0.6) is 5.75 Å². The number of para-hydroxylation sites is 1. The maximum atomic E-state index is 13.0. The van der Waals surface area contributed by atoms with Crippen LogP contribution in [0.3, 0.4) is 0 Å². The van der Waals surface area contributed by atoms with Crippen LogP contribution in [0, 0.1) is 0 Å². The Morgan fingerprint density at radius 3 is 2.20 bits per heavy atom. The zero-order chi connectivity index (χ0) is 21.4. The maximum Gasteiger partial charge on any atom is 0.300 e. The molecule has 0 aliphatic carbocycles. The highest BCUT2D eigenvalue weighted by atomic mass is 35.5. The van der Waals surface area contributed by atoms with E-state index in [1.807, 2.05) is 0 Å². The Bertz CT molecular complexity index is 1170. The average molecular weight is 440 g/mol. The minimum absolute atomic E-state index is 0.0673. The summed E-state index contributed by atoms with van der Waals surface area (Å²) < 4.78 is 0. The third kappa shape index (κ3) is 3.43. The van der Waals surface area contributed by atoms with Gasteiger partial charge in [-0.2, -0.15) is 0 Å². The first-order valence-corrected chi connectivity index (χ1v) is 9.74. The lowest BCUT2D eigenvalue weighted by Gasteiger charge is -2.25. The lowest BCUT2D eigenvalue weighted by molar-refractivity contribution is -0.132. The number of carbonyl (C=O) groups excluding carboxylic acids is 2. The van der Waals surface area contributed by atoms with Crippen molar-refractivity contribution in [1.29, 1.82) is 0 Å². The molecule has 7 heteroatoms. The first-order valence-electron chi connectivity index (χ1n) is 8.99. The molecule has 1 fully saturated rings. The van der Waals surface area contributed by atoms with Gasteiger partial charge in [-0.3, -0.25) is 14.5 Å². The quantitative estimate of drug-likeness (QED) is 0.328. The van der Waals surface area contributed by atoms with Crippen LogP contribution in [0.15, 0.2) is 78.4 Å². The predicted octanol–water partition coefficient (Wildman–Crippen LogP) is 5.33. The summed E-state index contributed by atoms with van der Waals surface area (Å²) >= 11 is 12.0. The van der Waals surface area contributed by atoms with Crippen molar-refractivity contribution in [3.05, 3.63) is 99.5 Å². The summed E-state index contributed by atoms with van der Waals surface area (Å²) in [5.41, 5.74) is 1.23. The second-order valence-corrected chi connectivity index (χ2v) is 7.57. The zero-order valence-electron chi connectivity index (χ0n) is 15.4. The van der Waals surface area contributed by atoms with Gasteiger partial charge in [-0.1, -0.05) is 47.5 Å². The molecule has 0 radical (unpaired) electrons. The minimum Gasteiger partial charge on any atom is -0.507 e. The van der Waals surface area contributed by atoms with Gasteiger partial charge in [0.25, 0.3) is 11.7 Å². The molecular formula is C23H15Cl2NO4. The standard InChI is InChI=1S/C23H15Cl2NO4/c24-15-9-6-13(7-10-15)21(28)19-20(14-8-11-18(27)17(25)12-14)26(23(30)22(19)29)16-4-2-1-3-5-16/h1-12,20,27-28H/b21-19-. The lowest BCUT2D eigenvalue weighted by atomic mass is 9.95. The van der Waals surface area contributed by atoms with Gasteiger partial charge in [-0.15, -0.1) is 0 Å². The van der Waals surface area contributed by atoms with E-state index in [1.54, 1.807) is 60.7 Å². The number of Topliss-reactive ketones (excluding diaryl/α,β-unsaturated/α-hetero) is 1. The number of aliphatic hydroxyl groups excluding tert-OH is 1. The molecule has 3 aromatic rings. The average Bonchev–Trinajstić information content (AvgIpc) is 3.01. The molecule has 30 heavy (non-hydrogen) atoms. The number of phenolic OH excluding ortho intramolecular Hbond substituents is 1. The highest BCUT2D eigenvalue weighted by molar-refractivity contribution is 6.51. The number of phenols is 1. The fourth-order valence-electron chi connectivity index (χ4n) is 3.46. The third-order valence-electron chi connectivity index (χ3n) is 4.88. The van der Waals surface area contributed by atoms with E-state index in [0.717, 1.165) is 0 Å². The molecule has 3 aromatic carbocycles. The number of amides is 1. The topological polar surface area (TPSA) is 77.8 Å². The van der Waals surface area contributed by atoms with Crippen LogP contribution in [-0.4, -0.2) is 21.9 Å². The summed E-state index contributed by atoms with van der Waals surface area (Å²) in [6.07, 6.45) is 0. The summed E-state index contributed by atoms with van der Waals surface area (Å²) in [4.78, 5) is 27.3. The van der Waals surface area contributed by atoms with Crippen LogP contribution in [0.25, 0.3) is 5.76 Å². The molecule has 0 saturated carbocycles. The molecule has 2 N–H and O–H groups in total. The number of halogens is 2. The predicted molar refractivity (Wildman–Crippen MR) is 116 cm³/mol. The molecule has 0 aromatic heterocycles. The molecule has 4 rings (SSSR count). The highest BCUT2D eigenvalue weighted by Gasteiger charge is 2.47. The third-order valence-corrected chi connectivity index (χ3v) is 5.44. The number of ketones is 1. The van der Waals surface area contributed by atoms with E-state index in [-0.39, 0.29) is 22.1 Å². The van der Waals surface area contributed by atoms with Crippen LogP contribution in [-0.2, 0) is 9.59 Å². The van der Waals surface area contributed by atoms with E-state index in [9.17, 15) is 19.8 Å². The molecule has 5 nitrogen and oxygen atoms in total. The van der Waals surface area contributed by atoms with Crippen LogP contribution >= 0.6 is 23.2 Å². The van der Waals surface area contributed by atoms with Crippen molar-refractivity contribution in [3.8, 4) is 5.75 Å². The Kier molecular flexibility index (Phi) is 5.24. The number of rotatable bonds is 3. The smallest absolute Gasteiger partial charge is 0.300 e. The van der Waals surface area contributed by atoms with Gasteiger partial charge in [-0.05, 0) is 54.1 Å². The van der Waals surface area contributed by atoms with Crippen molar-refractivity contribution in [2.24, 2.45) is 0 Å². The molecule has 1 aliphatic rings. The van der Waals surface area contributed by atoms with Gasteiger partial charge in [-0.25, -0.2) is 0 Å². The molecule has 1 heterocycles. The van der Waals surface area contributed by atoms with Crippen molar-refractivity contribution < 1.29 is 19.8 Å². The van der Waals surface area contributed by atoms with Gasteiger partial charge in [0.15, 0.2) is 0 Å². The number of aliphatic hydroxyl groups is 1. The number of anilines is 1. The van der Waals surface area contributed by atoms with Crippen molar-refractivity contribution in [3.63, 3.8) is 0 Å². The van der Waals surface area contributed by atoms with E-state index in [0.29, 0.717) is 21.8 Å². The summed E-state index contributed by atoms with van der Waals surface area (Å²) in [6.45, 7) is 0. The molecule has 1 amide bonds. The normalized spacial score (nSPS) is 18.1. The largest absolute Gasteiger partial charge is 0.507 e. The summed E-state index contributed by atoms with van der Waals surface area (Å²) in [5.74, 6) is -2.04. The van der Waals surface area contributed by atoms with Gasteiger partial charge in [0.05, 0.1) is 16.6 Å². The maximum absolute atomic E-state index is 13.0. The molecule has 1 aliphatic heterocycles. The molecule has 1 atom stereocenters. The Morgan fingerprint density at radius 1 is 0.900 bits per heavy atom. The number of nitrogens with zero attached hydrogens (tertiary/aromatic N) is 1. The Labute approximate surface area is 182 Å². The Hall–Kier alpha value is -3.28. The van der Waals surface area contributed by atoms with Gasteiger partial charge >= 0.3 is 0 Å². The Balaban J connectivity index is 1.96. The monoisotopic (exact) mass is 439 g/mol. The molecular weight excluding hydrogens is 425 g/mol. The molecule has 150 valence electrons. The van der Waals surface area contributed by atoms with E-state index < -0.39 is 17.7 Å². The fraction of sp³-hybridized carbons (Fsp3) is 0.0435. The minimum atomic E-state index is -0.929. The second kappa shape index (κ2) is 7.86. The van der Waals surface area contributed by atoms with E-state index >= 15 is 0 Å². The number of benzene rings is 3. The summed E-state index contributed by atoms with van der Waals surface area (Å²) in [6, 6.07) is 18.4. The van der Waals surface area contributed by atoms with E-state index in [4.69, 9.17) is 23.2 Å². The fourth-order valence-corrected chi connectivity index (χ4v) is 3.77. The number of carbonyl (C=O) groups is 2. The van der Waals surface area contributed by atoms with Crippen LogP contribution in [0.4, 0.5) is 5.69 Å². The van der Waals surface area contributed by atoms with Crippen molar-refractivity contribution in [1.82, 2.24) is 0 Å². The van der Waals surface area contributed by atoms with Crippen molar-refractivity contribution in [2.45, 2.75) is 6.04 Å². The SMILES string of the molecule is O=C1C(=O)N(c2ccccc2)C(c2ccc(O)c(Cl)c2)/C1=C(/O)c1ccc(Cl)cc1. The van der Waals surface area contributed by atoms with E-state index in [1.165, 1.54) is 17.0 Å². The second-order valence-electron chi connectivity index (χ2n) is 6.72. The number of hydrogen-bond donors (Lipinski definition) is 2. The van der Waals surface area contributed by atoms with Crippen molar-refractivity contribution in [2.75, 3.05) is 4.90 Å². The number of hydrogen-bond acceptors (Lipinski definition) is 4. The zero-order valence-corrected chi connectivity index (χ0v) is 16.9.